The van der Waals surface area contributed by atoms with Crippen LogP contribution in [0.25, 0.3) is 0 Å². The van der Waals surface area contributed by atoms with Crippen LogP contribution >= 0.6 is 0 Å². The van der Waals surface area contributed by atoms with E-state index < -0.39 is 0 Å². The van der Waals surface area contributed by atoms with Crippen molar-refractivity contribution in [3.05, 3.63) is 59.7 Å². The number of anilines is 1. The van der Waals surface area contributed by atoms with Crippen LogP contribution in [0.4, 0.5) is 5.69 Å². The van der Waals surface area contributed by atoms with Crippen molar-refractivity contribution in [3.63, 3.8) is 0 Å². The lowest BCUT2D eigenvalue weighted by Crippen LogP contribution is -2.26. The van der Waals surface area contributed by atoms with E-state index in [0.29, 0.717) is 24.3 Å². The first-order valence-electron chi connectivity index (χ1n) is 6.81. The Bertz CT molecular complexity index is 719. The Morgan fingerprint density at radius 3 is 2.81 bits per heavy atom. The number of amides is 1. The van der Waals surface area contributed by atoms with Gasteiger partial charge in [0.25, 0.3) is 0 Å². The minimum Gasteiger partial charge on any atom is -0.493 e. The number of ether oxygens (including phenoxy) is 1. The third-order valence-corrected chi connectivity index (χ3v) is 3.58. The molecule has 1 amide bonds. The number of nitriles is 1. The van der Waals surface area contributed by atoms with Crippen LogP contribution in [0.15, 0.2) is 48.5 Å². The Balaban J connectivity index is 1.86. The van der Waals surface area contributed by atoms with Crippen LogP contribution in [0.2, 0.25) is 0 Å². The van der Waals surface area contributed by atoms with Gasteiger partial charge >= 0.3 is 0 Å². The zero-order valence-electron chi connectivity index (χ0n) is 11.4. The van der Waals surface area contributed by atoms with Crippen molar-refractivity contribution in [1.29, 1.82) is 5.26 Å². The molecule has 1 unspecified atom stereocenters. The average Bonchev–Trinajstić information content (AvgIpc) is 2.54. The van der Waals surface area contributed by atoms with Gasteiger partial charge in [-0.1, -0.05) is 30.3 Å². The van der Waals surface area contributed by atoms with Crippen LogP contribution < -0.4 is 10.1 Å². The van der Waals surface area contributed by atoms with E-state index in [1.807, 2.05) is 24.3 Å². The summed E-state index contributed by atoms with van der Waals surface area (Å²) in [5.74, 6) is 0.410. The van der Waals surface area contributed by atoms with Crippen molar-refractivity contribution in [1.82, 2.24) is 0 Å². The number of rotatable bonds is 2. The van der Waals surface area contributed by atoms with Crippen molar-refractivity contribution in [3.8, 4) is 11.8 Å². The second kappa shape index (κ2) is 5.68. The molecule has 0 saturated heterocycles. The van der Waals surface area contributed by atoms with Gasteiger partial charge < -0.3 is 10.1 Å². The zero-order valence-corrected chi connectivity index (χ0v) is 11.4. The van der Waals surface area contributed by atoms with E-state index in [0.717, 1.165) is 11.3 Å². The summed E-state index contributed by atoms with van der Waals surface area (Å²) in [5.41, 5.74) is 1.91. The lowest BCUT2D eigenvalue weighted by molar-refractivity contribution is -0.118. The molecular formula is C17H14N2O2. The summed E-state index contributed by atoms with van der Waals surface area (Å²) in [6, 6.07) is 16.7. The highest BCUT2D eigenvalue weighted by Gasteiger charge is 2.27. The van der Waals surface area contributed by atoms with Gasteiger partial charge in [0, 0.05) is 5.56 Å². The van der Waals surface area contributed by atoms with E-state index >= 15 is 0 Å². The number of nitrogens with one attached hydrogen (secondary N) is 1. The third-order valence-electron chi connectivity index (χ3n) is 3.58. The molecule has 3 rings (SSSR count). The molecule has 0 radical (unpaired) electrons. The molecule has 104 valence electrons. The van der Waals surface area contributed by atoms with E-state index in [1.54, 1.807) is 24.3 Å². The van der Waals surface area contributed by atoms with Crippen LogP contribution in [0.3, 0.4) is 0 Å². The maximum absolute atomic E-state index is 12.5. The highest BCUT2D eigenvalue weighted by Crippen LogP contribution is 2.34. The smallest absolute Gasteiger partial charge is 0.232 e. The lowest BCUT2D eigenvalue weighted by atomic mass is 9.92. The number of carbonyl (C=O) groups excluding carboxylic acids is 1. The molecule has 1 N–H and O–H groups in total. The predicted octanol–water partition coefficient (Wildman–Crippen LogP) is 3.06. The number of hydrogen-bond donors (Lipinski definition) is 1. The molecule has 4 nitrogen and oxygen atoms in total. The topological polar surface area (TPSA) is 62.1 Å². The monoisotopic (exact) mass is 278 g/mol. The molecule has 1 aliphatic rings. The third kappa shape index (κ3) is 2.59. The molecule has 21 heavy (non-hydrogen) atoms. The first kappa shape index (κ1) is 13.2. The highest BCUT2D eigenvalue weighted by atomic mass is 16.5. The molecule has 1 atom stereocenters. The van der Waals surface area contributed by atoms with E-state index in [4.69, 9.17) is 10.00 Å². The Kier molecular flexibility index (Phi) is 3.57. The average molecular weight is 278 g/mol. The second-order valence-corrected chi connectivity index (χ2v) is 4.87. The minimum atomic E-state index is -0.248. The summed E-state index contributed by atoms with van der Waals surface area (Å²) in [6.45, 7) is 0.523. The number of fused-ring (bicyclic) bond motifs is 1. The molecule has 0 spiro atoms. The standard InChI is InChI=1S/C17H14N2O2/c18-11-12-5-1-3-7-15(12)19-17(20)14-9-10-21-16-8-4-2-6-13(14)16/h1-8,14H,9-10H2,(H,19,20). The first-order valence-corrected chi connectivity index (χ1v) is 6.81. The van der Waals surface area contributed by atoms with Crippen molar-refractivity contribution in [2.75, 3.05) is 11.9 Å². The lowest BCUT2D eigenvalue weighted by Gasteiger charge is -2.25. The van der Waals surface area contributed by atoms with Crippen molar-refractivity contribution < 1.29 is 9.53 Å². The van der Waals surface area contributed by atoms with Crippen molar-refractivity contribution in [2.24, 2.45) is 0 Å². The van der Waals surface area contributed by atoms with Gasteiger partial charge in [-0.15, -0.1) is 0 Å². The Morgan fingerprint density at radius 2 is 1.95 bits per heavy atom. The molecule has 2 aromatic carbocycles. The van der Waals surface area contributed by atoms with Gasteiger partial charge in [0.2, 0.25) is 5.91 Å². The zero-order chi connectivity index (χ0) is 14.7. The number of carbonyl (C=O) groups is 1. The highest BCUT2D eigenvalue weighted by molar-refractivity contribution is 5.97. The molecule has 0 aromatic heterocycles. The van der Waals surface area contributed by atoms with Crippen LogP contribution in [-0.2, 0) is 4.79 Å². The Hall–Kier alpha value is -2.80. The quantitative estimate of drug-likeness (QED) is 0.918. The molecule has 1 aliphatic heterocycles. The number of hydrogen-bond acceptors (Lipinski definition) is 3. The van der Waals surface area contributed by atoms with E-state index in [-0.39, 0.29) is 11.8 Å². The first-order chi connectivity index (χ1) is 10.3. The summed E-state index contributed by atoms with van der Waals surface area (Å²) < 4.78 is 5.57. The molecule has 4 heteroatoms. The van der Waals surface area contributed by atoms with Crippen LogP contribution in [0.5, 0.6) is 5.75 Å². The number of para-hydroxylation sites is 2. The normalized spacial score (nSPS) is 16.2. The van der Waals surface area contributed by atoms with Crippen molar-refractivity contribution >= 4 is 11.6 Å². The maximum atomic E-state index is 12.5. The number of benzene rings is 2. The summed E-state index contributed by atoms with van der Waals surface area (Å²) in [6.07, 6.45) is 0.636. The molecule has 2 aromatic rings. The van der Waals surface area contributed by atoms with Gasteiger partial charge in [-0.3, -0.25) is 4.79 Å². The molecule has 0 fully saturated rings. The van der Waals surface area contributed by atoms with Gasteiger partial charge in [0.1, 0.15) is 11.8 Å². The van der Waals surface area contributed by atoms with Crippen LogP contribution in [-0.4, -0.2) is 12.5 Å². The minimum absolute atomic E-state index is 0.103. The summed E-state index contributed by atoms with van der Waals surface area (Å²) >= 11 is 0. The van der Waals surface area contributed by atoms with E-state index in [2.05, 4.69) is 11.4 Å². The maximum Gasteiger partial charge on any atom is 0.232 e. The van der Waals surface area contributed by atoms with Gasteiger partial charge in [0.05, 0.1) is 23.8 Å². The molecule has 0 bridgehead atoms. The summed E-state index contributed by atoms with van der Waals surface area (Å²) in [4.78, 5) is 12.5. The van der Waals surface area contributed by atoms with Gasteiger partial charge in [-0.25, -0.2) is 0 Å². The van der Waals surface area contributed by atoms with Crippen LogP contribution in [0.1, 0.15) is 23.5 Å². The van der Waals surface area contributed by atoms with Gasteiger partial charge in [-0.2, -0.15) is 5.26 Å². The Labute approximate surface area is 123 Å². The molecular weight excluding hydrogens is 264 g/mol. The molecule has 0 saturated carbocycles. The van der Waals surface area contributed by atoms with Gasteiger partial charge in [0.15, 0.2) is 0 Å². The Morgan fingerprint density at radius 1 is 1.19 bits per heavy atom. The SMILES string of the molecule is N#Cc1ccccc1NC(=O)C1CCOc2ccccc21. The summed E-state index contributed by atoms with van der Waals surface area (Å²) in [5, 5.41) is 11.9. The van der Waals surface area contributed by atoms with E-state index in [9.17, 15) is 4.79 Å². The molecule has 1 heterocycles. The fourth-order valence-electron chi connectivity index (χ4n) is 2.52. The second-order valence-electron chi connectivity index (χ2n) is 4.87. The van der Waals surface area contributed by atoms with Crippen molar-refractivity contribution in [2.45, 2.75) is 12.3 Å². The largest absolute Gasteiger partial charge is 0.493 e. The van der Waals surface area contributed by atoms with E-state index in [1.165, 1.54) is 0 Å². The van der Waals surface area contributed by atoms with Gasteiger partial charge in [-0.05, 0) is 24.6 Å². The fourth-order valence-corrected chi connectivity index (χ4v) is 2.52. The predicted molar refractivity (Wildman–Crippen MR) is 79.1 cm³/mol. The summed E-state index contributed by atoms with van der Waals surface area (Å²) in [7, 11) is 0. The fraction of sp³-hybridized carbons (Fsp3) is 0.176. The van der Waals surface area contributed by atoms with Crippen LogP contribution in [0, 0.1) is 11.3 Å². The molecule has 0 aliphatic carbocycles. The number of nitrogens with zero attached hydrogens (tertiary/aromatic N) is 1.